The zero-order chi connectivity index (χ0) is 21.0. The lowest BCUT2D eigenvalue weighted by Gasteiger charge is -2.34. The van der Waals surface area contributed by atoms with Crippen LogP contribution in [0.15, 0.2) is 53.6 Å². The Morgan fingerprint density at radius 2 is 1.93 bits per heavy atom. The summed E-state index contributed by atoms with van der Waals surface area (Å²) >= 11 is 0. The van der Waals surface area contributed by atoms with Crippen LogP contribution in [0.25, 0.3) is 10.8 Å². The van der Waals surface area contributed by atoms with E-state index in [0.29, 0.717) is 28.0 Å². The van der Waals surface area contributed by atoms with Crippen LogP contribution in [0.2, 0.25) is 0 Å². The Kier molecular flexibility index (Phi) is 4.16. The summed E-state index contributed by atoms with van der Waals surface area (Å²) < 4.78 is 17.6. The van der Waals surface area contributed by atoms with E-state index >= 15 is 0 Å². The number of nitrogens with zero attached hydrogens (tertiary/aromatic N) is 5. The molecule has 0 amide bonds. The monoisotopic (exact) mass is 404 g/mol. The molecule has 0 fully saturated rings. The lowest BCUT2D eigenvalue weighted by Crippen LogP contribution is -2.33. The Labute approximate surface area is 172 Å². The maximum Gasteiger partial charge on any atom is 0.275 e. The minimum atomic E-state index is -0.460. The van der Waals surface area contributed by atoms with Gasteiger partial charge in [-0.1, -0.05) is 30.3 Å². The zero-order valence-electron chi connectivity index (χ0n) is 16.9. The van der Waals surface area contributed by atoms with Gasteiger partial charge in [-0.3, -0.25) is 9.48 Å². The highest BCUT2D eigenvalue weighted by atomic mass is 19.1. The van der Waals surface area contributed by atoms with Gasteiger partial charge in [-0.25, -0.2) is 14.1 Å². The lowest BCUT2D eigenvalue weighted by molar-refractivity contribution is 0.478. The summed E-state index contributed by atoms with van der Waals surface area (Å²) in [6.45, 7) is 3.78. The van der Waals surface area contributed by atoms with E-state index in [0.717, 1.165) is 5.56 Å². The first-order valence-corrected chi connectivity index (χ1v) is 9.87. The van der Waals surface area contributed by atoms with E-state index in [1.165, 1.54) is 23.1 Å². The fourth-order valence-corrected chi connectivity index (χ4v) is 4.27. The molecule has 3 heterocycles. The molecule has 1 unspecified atom stereocenters. The molecule has 0 radical (unpaired) electrons. The number of aryl methyl sites for hydroxylation is 1. The predicted molar refractivity (Wildman–Crippen MR) is 112 cm³/mol. The molecule has 2 aromatic carbocycles. The predicted octanol–water partition coefficient (Wildman–Crippen LogP) is 3.54. The van der Waals surface area contributed by atoms with Crippen molar-refractivity contribution in [2.45, 2.75) is 31.8 Å². The molecule has 1 aliphatic rings. The van der Waals surface area contributed by atoms with Gasteiger partial charge in [0.15, 0.2) is 0 Å². The summed E-state index contributed by atoms with van der Waals surface area (Å²) in [5, 5.41) is 13.4. The van der Waals surface area contributed by atoms with Gasteiger partial charge in [-0.2, -0.15) is 10.2 Å². The minimum Gasteiger partial charge on any atom is -0.376 e. The first kappa shape index (κ1) is 18.5. The molecule has 30 heavy (non-hydrogen) atoms. The van der Waals surface area contributed by atoms with E-state index < -0.39 is 5.82 Å². The first-order valence-electron chi connectivity index (χ1n) is 9.87. The number of aromatic nitrogens is 5. The Balaban J connectivity index is 1.89. The SMILES string of the molecule is CC(C)n1nc2c3c(cc(F)cc3c1=O)NC(c1ccccc1)[C@H]2c1ncnn1C. The largest absolute Gasteiger partial charge is 0.376 e. The fraction of sp³-hybridized carbons (Fsp3) is 0.273. The molecule has 1 N–H and O–H groups in total. The molecule has 7 nitrogen and oxygen atoms in total. The van der Waals surface area contributed by atoms with Crippen molar-refractivity contribution in [1.82, 2.24) is 24.5 Å². The second-order valence-corrected chi connectivity index (χ2v) is 7.86. The number of halogens is 1. The first-order chi connectivity index (χ1) is 14.5. The smallest absolute Gasteiger partial charge is 0.275 e. The van der Waals surface area contributed by atoms with Crippen LogP contribution in [0, 0.1) is 5.82 Å². The number of rotatable bonds is 3. The van der Waals surface area contributed by atoms with Crippen molar-refractivity contribution >= 4 is 16.5 Å². The maximum atomic E-state index is 14.5. The summed E-state index contributed by atoms with van der Waals surface area (Å²) in [5.41, 5.74) is 1.96. The molecule has 2 atom stereocenters. The number of anilines is 1. The van der Waals surface area contributed by atoms with Gasteiger partial charge in [0, 0.05) is 18.1 Å². The molecule has 8 heteroatoms. The van der Waals surface area contributed by atoms with Crippen LogP contribution in [0.1, 0.15) is 48.9 Å². The van der Waals surface area contributed by atoms with Gasteiger partial charge in [0.25, 0.3) is 5.56 Å². The Morgan fingerprint density at radius 3 is 2.60 bits per heavy atom. The topological polar surface area (TPSA) is 77.6 Å². The average Bonchev–Trinajstić information content (AvgIpc) is 3.15. The van der Waals surface area contributed by atoms with Crippen LogP contribution >= 0.6 is 0 Å². The average molecular weight is 404 g/mol. The van der Waals surface area contributed by atoms with E-state index in [1.807, 2.05) is 51.2 Å². The van der Waals surface area contributed by atoms with E-state index in [1.54, 1.807) is 4.68 Å². The van der Waals surface area contributed by atoms with Crippen LogP contribution in [0.4, 0.5) is 10.1 Å². The second-order valence-electron chi connectivity index (χ2n) is 7.86. The normalized spacial score (nSPS) is 18.0. The van der Waals surface area contributed by atoms with Gasteiger partial charge in [-0.05, 0) is 31.5 Å². The summed E-state index contributed by atoms with van der Waals surface area (Å²) in [5.74, 6) is -0.0569. The molecule has 2 aromatic heterocycles. The van der Waals surface area contributed by atoms with Crippen molar-refractivity contribution in [3.63, 3.8) is 0 Å². The molecule has 0 saturated carbocycles. The van der Waals surface area contributed by atoms with Crippen molar-refractivity contribution in [2.24, 2.45) is 7.05 Å². The van der Waals surface area contributed by atoms with Crippen molar-refractivity contribution in [1.29, 1.82) is 0 Å². The summed E-state index contributed by atoms with van der Waals surface area (Å²) in [4.78, 5) is 17.6. The Hall–Kier alpha value is -3.55. The molecule has 4 aromatic rings. The number of hydrogen-bond acceptors (Lipinski definition) is 5. The van der Waals surface area contributed by atoms with E-state index in [-0.39, 0.29) is 23.6 Å². The number of hydrogen-bond donors (Lipinski definition) is 1. The molecular formula is C22H21FN6O. The summed E-state index contributed by atoms with van der Waals surface area (Å²) in [6.07, 6.45) is 1.51. The number of benzene rings is 2. The second kappa shape index (κ2) is 6.76. The molecule has 0 bridgehead atoms. The Morgan fingerprint density at radius 1 is 1.17 bits per heavy atom. The molecule has 0 saturated heterocycles. The maximum absolute atomic E-state index is 14.5. The third-order valence-corrected chi connectivity index (χ3v) is 5.62. The van der Waals surface area contributed by atoms with Crippen molar-refractivity contribution in [3.05, 3.63) is 82.0 Å². The van der Waals surface area contributed by atoms with Crippen molar-refractivity contribution in [2.75, 3.05) is 5.32 Å². The molecule has 1 aliphatic heterocycles. The van der Waals surface area contributed by atoms with E-state index in [4.69, 9.17) is 5.10 Å². The van der Waals surface area contributed by atoms with Gasteiger partial charge in [-0.15, -0.1) is 0 Å². The molecule has 0 spiro atoms. The molecule has 152 valence electrons. The van der Waals surface area contributed by atoms with Gasteiger partial charge >= 0.3 is 0 Å². The van der Waals surface area contributed by atoms with Gasteiger partial charge < -0.3 is 5.32 Å². The third kappa shape index (κ3) is 2.71. The van der Waals surface area contributed by atoms with E-state index in [2.05, 4.69) is 15.4 Å². The highest BCUT2D eigenvalue weighted by molar-refractivity contribution is 5.97. The lowest BCUT2D eigenvalue weighted by atomic mass is 9.83. The highest BCUT2D eigenvalue weighted by Crippen LogP contribution is 2.46. The Bertz CT molecular complexity index is 1310. The minimum absolute atomic E-state index is 0.171. The third-order valence-electron chi connectivity index (χ3n) is 5.62. The quantitative estimate of drug-likeness (QED) is 0.565. The van der Waals surface area contributed by atoms with E-state index in [9.17, 15) is 9.18 Å². The summed E-state index contributed by atoms with van der Waals surface area (Å²) in [7, 11) is 1.83. The fourth-order valence-electron chi connectivity index (χ4n) is 4.27. The molecular weight excluding hydrogens is 383 g/mol. The molecule has 5 rings (SSSR count). The van der Waals surface area contributed by atoms with Gasteiger partial charge in [0.05, 0.1) is 29.1 Å². The standard InChI is InChI=1S/C22H21FN6O/c1-12(2)29-22(30)15-9-14(23)10-16-17(15)20(27-29)18(21-24-11-25-28(21)3)19(26-16)13-7-5-4-6-8-13/h4-12,18-19,26H,1-3H3/t18-,19?/m1/s1. The van der Waals surface area contributed by atoms with Crippen molar-refractivity contribution in [3.8, 4) is 0 Å². The van der Waals surface area contributed by atoms with Crippen LogP contribution in [0.3, 0.4) is 0 Å². The summed E-state index contributed by atoms with van der Waals surface area (Å²) in [6, 6.07) is 12.2. The zero-order valence-corrected chi connectivity index (χ0v) is 16.9. The van der Waals surface area contributed by atoms with Crippen LogP contribution in [-0.2, 0) is 7.05 Å². The highest BCUT2D eigenvalue weighted by Gasteiger charge is 2.38. The molecule has 0 aliphatic carbocycles. The number of nitrogens with one attached hydrogen (secondary N) is 1. The van der Waals surface area contributed by atoms with Crippen LogP contribution in [-0.4, -0.2) is 24.5 Å². The van der Waals surface area contributed by atoms with Crippen LogP contribution in [0.5, 0.6) is 0 Å². The van der Waals surface area contributed by atoms with Crippen molar-refractivity contribution < 1.29 is 4.39 Å². The van der Waals surface area contributed by atoms with Crippen LogP contribution < -0.4 is 10.9 Å². The van der Waals surface area contributed by atoms with Gasteiger partial charge in [0.2, 0.25) is 0 Å². The van der Waals surface area contributed by atoms with Gasteiger partial charge in [0.1, 0.15) is 18.0 Å².